The molecule has 0 saturated carbocycles. The van der Waals surface area contributed by atoms with Crippen molar-refractivity contribution in [1.29, 1.82) is 0 Å². The normalized spacial score (nSPS) is 10.4. The zero-order valence-electron chi connectivity index (χ0n) is 7.20. The van der Waals surface area contributed by atoms with E-state index in [9.17, 15) is 4.39 Å². The molecule has 1 heterocycles. The Bertz CT molecular complexity index is 467. The van der Waals surface area contributed by atoms with Crippen molar-refractivity contribution in [2.24, 2.45) is 0 Å². The van der Waals surface area contributed by atoms with Crippen LogP contribution in [0.3, 0.4) is 0 Å². The van der Waals surface area contributed by atoms with Crippen LogP contribution in [0, 0.1) is 5.82 Å². The Morgan fingerprint density at radius 1 is 1.21 bits per heavy atom. The molecule has 0 radical (unpaired) electrons. The zero-order valence-corrected chi connectivity index (χ0v) is 7.20. The fourth-order valence-electron chi connectivity index (χ4n) is 1.13. The third-order valence-corrected chi connectivity index (χ3v) is 1.82. The van der Waals surface area contributed by atoms with Crippen molar-refractivity contribution in [3.63, 3.8) is 0 Å². The Hall–Kier alpha value is -2.04. The molecule has 72 valence electrons. The number of anilines is 2. The molecule has 0 spiro atoms. The van der Waals surface area contributed by atoms with Crippen molar-refractivity contribution in [1.82, 2.24) is 5.16 Å². The number of benzene rings is 1. The van der Waals surface area contributed by atoms with Crippen LogP contribution >= 0.6 is 0 Å². The molecule has 2 rings (SSSR count). The summed E-state index contributed by atoms with van der Waals surface area (Å²) in [5.74, 6) is -0.242. The van der Waals surface area contributed by atoms with Crippen LogP contribution in [0.1, 0.15) is 0 Å². The van der Waals surface area contributed by atoms with Gasteiger partial charge in [0, 0.05) is 11.6 Å². The molecule has 0 aliphatic heterocycles. The molecular weight excluding hydrogens is 185 g/mol. The van der Waals surface area contributed by atoms with Gasteiger partial charge < -0.3 is 16.0 Å². The number of nitrogens with zero attached hydrogens (tertiary/aromatic N) is 1. The van der Waals surface area contributed by atoms with Crippen molar-refractivity contribution in [3.05, 3.63) is 30.1 Å². The van der Waals surface area contributed by atoms with Gasteiger partial charge in [-0.3, -0.25) is 0 Å². The second-order valence-electron chi connectivity index (χ2n) is 2.85. The number of nitrogens with two attached hydrogens (primary N) is 2. The molecule has 5 heteroatoms. The lowest BCUT2D eigenvalue weighted by atomic mass is 10.1. The van der Waals surface area contributed by atoms with Gasteiger partial charge in [0.1, 0.15) is 11.5 Å². The molecule has 0 unspecified atom stereocenters. The van der Waals surface area contributed by atoms with E-state index in [4.69, 9.17) is 11.5 Å². The molecule has 0 atom stereocenters. The number of hydrogen-bond donors (Lipinski definition) is 2. The van der Waals surface area contributed by atoms with Crippen LogP contribution in [0.4, 0.5) is 16.0 Å². The average Bonchev–Trinajstić information content (AvgIpc) is 2.57. The summed E-state index contributed by atoms with van der Waals surface area (Å²) >= 11 is 0. The predicted octanol–water partition coefficient (Wildman–Crippen LogP) is 1.65. The summed E-state index contributed by atoms with van der Waals surface area (Å²) in [7, 11) is 0. The quantitative estimate of drug-likeness (QED) is 0.675. The van der Waals surface area contributed by atoms with Crippen LogP contribution < -0.4 is 11.5 Å². The zero-order chi connectivity index (χ0) is 10.1. The maximum atomic E-state index is 12.8. The number of nitrogen functional groups attached to an aromatic ring is 2. The molecule has 0 aliphatic rings. The summed E-state index contributed by atoms with van der Waals surface area (Å²) in [6.45, 7) is 0. The highest BCUT2D eigenvalue weighted by Gasteiger charge is 2.06. The van der Waals surface area contributed by atoms with Crippen LogP contribution in [0.15, 0.2) is 28.8 Å². The average molecular weight is 193 g/mol. The first-order chi connectivity index (χ1) is 6.66. The maximum absolute atomic E-state index is 12.8. The van der Waals surface area contributed by atoms with Gasteiger partial charge in [0.25, 0.3) is 0 Å². The van der Waals surface area contributed by atoms with Crippen molar-refractivity contribution < 1.29 is 8.91 Å². The first-order valence-corrected chi connectivity index (χ1v) is 3.94. The van der Waals surface area contributed by atoms with Crippen LogP contribution in [-0.2, 0) is 0 Å². The summed E-state index contributed by atoms with van der Waals surface area (Å²) in [5.41, 5.74) is 12.0. The first kappa shape index (κ1) is 8.55. The molecule has 1 aromatic carbocycles. The lowest BCUT2D eigenvalue weighted by Crippen LogP contribution is -1.90. The van der Waals surface area contributed by atoms with E-state index in [-0.39, 0.29) is 11.6 Å². The van der Waals surface area contributed by atoms with Gasteiger partial charge in [-0.2, -0.15) is 0 Å². The molecular formula is C9H8FN3O. The SMILES string of the molecule is Nc1cc(-c2ccc(F)c(N)c2)no1. The molecule has 4 N–H and O–H groups in total. The van der Waals surface area contributed by atoms with Crippen LogP contribution in [-0.4, -0.2) is 5.16 Å². The molecule has 0 saturated heterocycles. The van der Waals surface area contributed by atoms with Crippen LogP contribution in [0.5, 0.6) is 0 Å². The fraction of sp³-hybridized carbons (Fsp3) is 0. The molecule has 0 aliphatic carbocycles. The van der Waals surface area contributed by atoms with E-state index in [0.717, 1.165) is 0 Å². The Kier molecular flexibility index (Phi) is 1.85. The van der Waals surface area contributed by atoms with Gasteiger partial charge in [0.05, 0.1) is 5.69 Å². The number of rotatable bonds is 1. The highest BCUT2D eigenvalue weighted by molar-refractivity contribution is 5.65. The van der Waals surface area contributed by atoms with Gasteiger partial charge in [-0.25, -0.2) is 4.39 Å². The van der Waals surface area contributed by atoms with Gasteiger partial charge in [-0.05, 0) is 18.2 Å². The minimum Gasteiger partial charge on any atom is -0.396 e. The lowest BCUT2D eigenvalue weighted by molar-refractivity contribution is 0.439. The summed E-state index contributed by atoms with van der Waals surface area (Å²) < 4.78 is 17.5. The lowest BCUT2D eigenvalue weighted by Gasteiger charge is -1.98. The highest BCUT2D eigenvalue weighted by atomic mass is 19.1. The number of halogens is 1. The molecule has 4 nitrogen and oxygen atoms in total. The van der Waals surface area contributed by atoms with E-state index in [1.54, 1.807) is 12.1 Å². The second-order valence-corrected chi connectivity index (χ2v) is 2.85. The molecule has 0 bridgehead atoms. The molecule has 1 aromatic heterocycles. The van der Waals surface area contributed by atoms with Crippen molar-refractivity contribution in [2.75, 3.05) is 11.5 Å². The summed E-state index contributed by atoms with van der Waals surface area (Å²) in [6, 6.07) is 5.86. The minimum absolute atomic E-state index is 0.0732. The Labute approximate surface area is 79.3 Å². The van der Waals surface area contributed by atoms with E-state index in [1.165, 1.54) is 12.1 Å². The second kappa shape index (κ2) is 3.02. The molecule has 14 heavy (non-hydrogen) atoms. The van der Waals surface area contributed by atoms with E-state index in [2.05, 4.69) is 9.68 Å². The molecule has 0 fully saturated rings. The summed E-state index contributed by atoms with van der Waals surface area (Å²) in [5, 5.41) is 3.68. The Morgan fingerprint density at radius 2 is 2.00 bits per heavy atom. The van der Waals surface area contributed by atoms with Crippen molar-refractivity contribution in [2.45, 2.75) is 0 Å². The molecule has 2 aromatic rings. The van der Waals surface area contributed by atoms with E-state index in [1.807, 2.05) is 0 Å². The first-order valence-electron chi connectivity index (χ1n) is 3.94. The van der Waals surface area contributed by atoms with Gasteiger partial charge in [-0.15, -0.1) is 0 Å². The Balaban J connectivity index is 2.47. The number of hydrogen-bond acceptors (Lipinski definition) is 4. The fourth-order valence-corrected chi connectivity index (χ4v) is 1.13. The third kappa shape index (κ3) is 1.39. The van der Waals surface area contributed by atoms with E-state index in [0.29, 0.717) is 11.3 Å². The highest BCUT2D eigenvalue weighted by Crippen LogP contribution is 2.23. The topological polar surface area (TPSA) is 78.1 Å². The minimum atomic E-state index is -0.454. The number of aromatic nitrogens is 1. The monoisotopic (exact) mass is 193 g/mol. The summed E-state index contributed by atoms with van der Waals surface area (Å²) in [4.78, 5) is 0. The molecule has 0 amide bonds. The van der Waals surface area contributed by atoms with Crippen LogP contribution in [0.2, 0.25) is 0 Å². The van der Waals surface area contributed by atoms with Crippen molar-refractivity contribution in [3.8, 4) is 11.3 Å². The Morgan fingerprint density at radius 3 is 2.57 bits per heavy atom. The van der Waals surface area contributed by atoms with Crippen LogP contribution in [0.25, 0.3) is 11.3 Å². The van der Waals surface area contributed by atoms with E-state index >= 15 is 0 Å². The standard InChI is InChI=1S/C9H8FN3O/c10-6-2-1-5(3-7(6)11)8-4-9(12)14-13-8/h1-4H,11-12H2. The maximum Gasteiger partial charge on any atom is 0.222 e. The largest absolute Gasteiger partial charge is 0.396 e. The third-order valence-electron chi connectivity index (χ3n) is 1.82. The summed E-state index contributed by atoms with van der Waals surface area (Å²) in [6.07, 6.45) is 0. The predicted molar refractivity (Wildman–Crippen MR) is 50.7 cm³/mol. The van der Waals surface area contributed by atoms with Crippen molar-refractivity contribution >= 4 is 11.6 Å². The van der Waals surface area contributed by atoms with Gasteiger partial charge in [0.2, 0.25) is 5.88 Å². The van der Waals surface area contributed by atoms with Gasteiger partial charge >= 0.3 is 0 Å². The van der Waals surface area contributed by atoms with Gasteiger partial charge in [0.15, 0.2) is 0 Å². The van der Waals surface area contributed by atoms with Gasteiger partial charge in [-0.1, -0.05) is 5.16 Å². The van der Waals surface area contributed by atoms with E-state index < -0.39 is 5.82 Å². The smallest absolute Gasteiger partial charge is 0.222 e.